The Morgan fingerprint density at radius 1 is 1.06 bits per heavy atom. The Labute approximate surface area is 369 Å². The van der Waals surface area contributed by atoms with E-state index in [1.165, 1.54) is 28.8 Å². The van der Waals surface area contributed by atoms with Crippen molar-refractivity contribution in [2.24, 2.45) is 5.41 Å². The van der Waals surface area contributed by atoms with Crippen LogP contribution in [0.1, 0.15) is 49.0 Å². The van der Waals surface area contributed by atoms with Gasteiger partial charge in [-0.25, -0.2) is 23.1 Å². The van der Waals surface area contributed by atoms with Gasteiger partial charge in [0.25, 0.3) is 15.9 Å². The molecule has 0 bridgehead atoms. The predicted molar refractivity (Wildman–Crippen MR) is 241 cm³/mol. The summed E-state index contributed by atoms with van der Waals surface area (Å²) >= 11 is 6.25. The molecular formula is C45H48ClN9O7S. The number of ether oxygens (including phenoxy) is 2. The fourth-order valence-corrected chi connectivity index (χ4v) is 9.79. The van der Waals surface area contributed by atoms with Crippen LogP contribution in [-0.4, -0.2) is 109 Å². The molecule has 5 heterocycles. The van der Waals surface area contributed by atoms with Gasteiger partial charge in [0.15, 0.2) is 11.4 Å². The highest BCUT2D eigenvalue weighted by molar-refractivity contribution is 7.90. The zero-order valence-corrected chi connectivity index (χ0v) is 36.5. The van der Waals surface area contributed by atoms with Gasteiger partial charge in [0, 0.05) is 80.4 Å². The van der Waals surface area contributed by atoms with Crippen molar-refractivity contribution in [3.63, 3.8) is 0 Å². The maximum atomic E-state index is 14.2. The summed E-state index contributed by atoms with van der Waals surface area (Å²) in [6.07, 6.45) is 6.24. The molecule has 18 heteroatoms. The third-order valence-electron chi connectivity index (χ3n) is 12.2. The van der Waals surface area contributed by atoms with Crippen molar-refractivity contribution in [3.05, 3.63) is 117 Å². The lowest BCUT2D eigenvalue weighted by Gasteiger charge is -2.39. The number of aromatic amines is 1. The van der Waals surface area contributed by atoms with E-state index in [0.717, 1.165) is 74.1 Å². The molecule has 2 aliphatic heterocycles. The smallest absolute Gasteiger partial charge is 0.312 e. The molecule has 0 saturated carbocycles. The molecule has 6 aromatic rings. The number of carbonyl (C=O) groups excluding carboxylic acids is 1. The van der Waals surface area contributed by atoms with E-state index in [9.17, 15) is 23.3 Å². The van der Waals surface area contributed by atoms with Gasteiger partial charge in [-0.2, -0.15) is 0 Å². The van der Waals surface area contributed by atoms with Crippen molar-refractivity contribution in [2.45, 2.75) is 44.1 Å². The zero-order chi connectivity index (χ0) is 43.9. The van der Waals surface area contributed by atoms with Crippen LogP contribution < -0.4 is 19.7 Å². The minimum atomic E-state index is -4.60. The molecule has 3 aromatic carbocycles. The first-order valence-corrected chi connectivity index (χ1v) is 22.9. The molecule has 0 spiro atoms. The van der Waals surface area contributed by atoms with Gasteiger partial charge in [-0.15, -0.1) is 0 Å². The van der Waals surface area contributed by atoms with Gasteiger partial charge < -0.3 is 19.7 Å². The Kier molecular flexibility index (Phi) is 11.7. The van der Waals surface area contributed by atoms with Crippen LogP contribution >= 0.6 is 11.6 Å². The van der Waals surface area contributed by atoms with Crippen LogP contribution in [0, 0.1) is 15.5 Å². The fourth-order valence-electron chi connectivity index (χ4n) is 8.68. The minimum absolute atomic E-state index is 0.0302. The summed E-state index contributed by atoms with van der Waals surface area (Å²) in [7, 11) is -4.60. The van der Waals surface area contributed by atoms with Gasteiger partial charge in [0.2, 0.25) is 0 Å². The standard InChI is InChI=1S/C45H48ClN9O7S/c1-45(2)13-11-31(37(24-45)29-3-5-32(46)6-4-29)27-52-16-18-53(19-17-52)33-7-9-36(39(22-33)54-40-21-30-12-14-48-43(30)50-38(40)26-49-54)44(56)51-63(59,60)35-8-10-42(41(23-35)55(57)58)62-28-34-25-47-15-20-61-34/h3-10,12,14,21-23,26,34,47,49H,11,13,15-20,24-25,27-28H2,1-2H3,(H,51,56)/t34-/m1/s1. The number of nitro benzene ring substituents is 1. The van der Waals surface area contributed by atoms with E-state index in [0.29, 0.717) is 42.1 Å². The number of pyridine rings is 1. The highest BCUT2D eigenvalue weighted by Crippen LogP contribution is 2.43. The van der Waals surface area contributed by atoms with Gasteiger partial charge in [-0.05, 0) is 90.4 Å². The molecule has 3 aromatic heterocycles. The topological polar surface area (TPSA) is 190 Å². The Hall–Kier alpha value is -5.85. The van der Waals surface area contributed by atoms with E-state index in [1.807, 2.05) is 36.4 Å². The Morgan fingerprint density at radius 2 is 1.87 bits per heavy atom. The van der Waals surface area contributed by atoms with Crippen LogP contribution in [0.3, 0.4) is 0 Å². The fraction of sp³-hybridized carbons (Fsp3) is 0.356. The lowest BCUT2D eigenvalue weighted by molar-refractivity contribution is -0.386. The number of benzene rings is 3. The molecule has 2 saturated heterocycles. The number of nitrogens with one attached hydrogen (secondary N) is 3. The first-order valence-electron chi connectivity index (χ1n) is 21.0. The second-order valence-electron chi connectivity index (χ2n) is 17.1. The summed E-state index contributed by atoms with van der Waals surface area (Å²) in [5, 5.41) is 20.0. The van der Waals surface area contributed by atoms with Crippen LogP contribution in [0.4, 0.5) is 11.4 Å². The molecule has 1 aliphatic carbocycles. The quantitative estimate of drug-likeness (QED) is 0.0869. The van der Waals surface area contributed by atoms with E-state index < -0.39 is 31.4 Å². The van der Waals surface area contributed by atoms with Crippen LogP contribution in [0.25, 0.3) is 33.3 Å². The number of carbonyl (C=O) groups is 1. The van der Waals surface area contributed by atoms with E-state index in [1.54, 1.807) is 23.1 Å². The third kappa shape index (κ3) is 9.15. The van der Waals surface area contributed by atoms with Crippen LogP contribution in [-0.2, 0) is 14.8 Å². The summed E-state index contributed by atoms with van der Waals surface area (Å²) in [6.45, 7) is 10.4. The Balaban J connectivity index is 0.976. The van der Waals surface area contributed by atoms with Crippen molar-refractivity contribution >= 4 is 66.5 Å². The van der Waals surface area contributed by atoms with Crippen molar-refractivity contribution in [2.75, 3.05) is 63.9 Å². The molecule has 2 fully saturated rings. The molecule has 9 rings (SSSR count). The van der Waals surface area contributed by atoms with Gasteiger partial charge in [-0.1, -0.05) is 43.2 Å². The van der Waals surface area contributed by atoms with Crippen LogP contribution in [0.2, 0.25) is 5.02 Å². The van der Waals surface area contributed by atoms with Crippen LogP contribution in [0.5, 0.6) is 5.75 Å². The summed E-state index contributed by atoms with van der Waals surface area (Å²) in [5.74, 6) is -1.04. The lowest BCUT2D eigenvalue weighted by atomic mass is 9.72. The number of amides is 1. The van der Waals surface area contributed by atoms with E-state index in [2.05, 4.69) is 60.9 Å². The number of nitro groups is 1. The normalized spacial score (nSPS) is 18.5. The summed E-state index contributed by atoms with van der Waals surface area (Å²) in [6, 6.07) is 20.5. The molecule has 1 amide bonds. The average Bonchev–Trinajstić information content (AvgIpc) is 3.92. The molecule has 3 N–H and O–H groups in total. The number of halogens is 1. The minimum Gasteiger partial charge on any atom is -0.484 e. The van der Waals surface area contributed by atoms with Gasteiger partial charge in [-0.3, -0.25) is 29.6 Å². The molecule has 63 heavy (non-hydrogen) atoms. The molecule has 0 unspecified atom stereocenters. The number of nitrogens with zero attached hydrogens (tertiary/aromatic N) is 6. The van der Waals surface area contributed by atoms with Gasteiger partial charge >= 0.3 is 5.69 Å². The molecule has 328 valence electrons. The van der Waals surface area contributed by atoms with E-state index >= 15 is 0 Å². The maximum Gasteiger partial charge on any atom is 0.312 e. The third-order valence-corrected chi connectivity index (χ3v) is 13.7. The number of morpholine rings is 1. The number of allylic oxidation sites excluding steroid dienone is 1. The number of H-pyrrole nitrogens is 1. The lowest BCUT2D eigenvalue weighted by Crippen LogP contribution is -2.47. The summed E-state index contributed by atoms with van der Waals surface area (Å²) < 4.78 is 42.7. The molecule has 1 atom stereocenters. The number of rotatable bonds is 12. The van der Waals surface area contributed by atoms with E-state index in [4.69, 9.17) is 21.1 Å². The summed E-state index contributed by atoms with van der Waals surface area (Å²) in [4.78, 5) is 38.8. The SMILES string of the molecule is CC1(C)CCC(CN2CCN(c3ccc(C(=O)NS(=O)(=O)c4ccc(OC[C@H]5CNCCO5)c([N+](=O)[O-])c4)c(-n4[nH]cc5nc6nccc6cc54)c3)CC2)=C(c2ccc(Cl)cc2)C1. The monoisotopic (exact) mass is 893 g/mol. The number of sulfonamides is 1. The summed E-state index contributed by atoms with van der Waals surface area (Å²) in [5.41, 5.74) is 6.87. The number of fused-ring (bicyclic) bond motifs is 2. The Bertz CT molecular complexity index is 2840. The molecule has 16 nitrogen and oxygen atoms in total. The first-order chi connectivity index (χ1) is 30.3. The second kappa shape index (κ2) is 17.4. The maximum absolute atomic E-state index is 14.2. The highest BCUT2D eigenvalue weighted by atomic mass is 35.5. The number of anilines is 1. The van der Waals surface area contributed by atoms with Crippen molar-refractivity contribution < 1.29 is 27.6 Å². The highest BCUT2D eigenvalue weighted by Gasteiger charge is 2.31. The number of piperazine rings is 1. The Morgan fingerprint density at radius 3 is 2.63 bits per heavy atom. The molecule has 3 aliphatic rings. The second-order valence-corrected chi connectivity index (χ2v) is 19.2. The molecule has 0 radical (unpaired) electrons. The zero-order valence-electron chi connectivity index (χ0n) is 35.0. The average molecular weight is 894 g/mol. The molecular weight excluding hydrogens is 846 g/mol. The van der Waals surface area contributed by atoms with Gasteiger partial charge in [0.1, 0.15) is 18.2 Å². The van der Waals surface area contributed by atoms with Crippen molar-refractivity contribution in [3.8, 4) is 11.4 Å². The van der Waals surface area contributed by atoms with E-state index in [-0.39, 0.29) is 29.4 Å². The van der Waals surface area contributed by atoms with Crippen LogP contribution in [0.15, 0.2) is 95.7 Å². The predicted octanol–water partition coefficient (Wildman–Crippen LogP) is 6.74. The number of hydrogen-bond acceptors (Lipinski definition) is 12. The van der Waals surface area contributed by atoms with Crippen molar-refractivity contribution in [1.82, 2.24) is 34.7 Å². The first kappa shape index (κ1) is 42.5. The number of hydrogen-bond donors (Lipinski definition) is 3. The number of aromatic nitrogens is 4. The van der Waals surface area contributed by atoms with Gasteiger partial charge in [0.05, 0.1) is 33.2 Å². The van der Waals surface area contributed by atoms with Crippen molar-refractivity contribution in [1.29, 1.82) is 0 Å². The largest absolute Gasteiger partial charge is 0.484 e.